The zero-order valence-electron chi connectivity index (χ0n) is 14.4. The Morgan fingerprint density at radius 2 is 1.96 bits per heavy atom. The molecule has 1 aromatic rings. The molecule has 0 saturated heterocycles. The Balaban J connectivity index is 2.84. The number of rotatable bonds is 9. The number of carboxylic acid groups (broad SMARTS) is 1. The van der Waals surface area contributed by atoms with Crippen LogP contribution in [0, 0.1) is 0 Å². The zero-order valence-corrected chi connectivity index (χ0v) is 14.4. The predicted octanol–water partition coefficient (Wildman–Crippen LogP) is 4.60. The van der Waals surface area contributed by atoms with Gasteiger partial charge in [-0.3, -0.25) is 0 Å². The second kappa shape index (κ2) is 9.85. The SMILES string of the molecule is COCOc1ccc(C(=O)O)cc1CC=C(C)CCC=C(C)C. The average Bonchev–Trinajstić information content (AvgIpc) is 2.50. The molecular weight excluding hydrogens is 292 g/mol. The van der Waals surface area contributed by atoms with E-state index in [4.69, 9.17) is 14.6 Å². The van der Waals surface area contributed by atoms with Crippen molar-refractivity contribution in [3.05, 3.63) is 52.6 Å². The van der Waals surface area contributed by atoms with Gasteiger partial charge in [-0.15, -0.1) is 0 Å². The van der Waals surface area contributed by atoms with E-state index in [1.54, 1.807) is 25.3 Å². The van der Waals surface area contributed by atoms with Gasteiger partial charge in [-0.1, -0.05) is 23.3 Å². The molecule has 0 aliphatic rings. The lowest BCUT2D eigenvalue weighted by molar-refractivity contribution is 0.0505. The van der Waals surface area contributed by atoms with Crippen molar-refractivity contribution in [2.45, 2.75) is 40.0 Å². The fourth-order valence-electron chi connectivity index (χ4n) is 2.11. The number of aromatic carboxylic acids is 1. The molecule has 126 valence electrons. The molecule has 1 aromatic carbocycles. The van der Waals surface area contributed by atoms with Crippen molar-refractivity contribution in [2.24, 2.45) is 0 Å². The fraction of sp³-hybridized carbons (Fsp3) is 0.421. The van der Waals surface area contributed by atoms with Gasteiger partial charge in [0.05, 0.1) is 5.56 Å². The fourth-order valence-corrected chi connectivity index (χ4v) is 2.11. The van der Waals surface area contributed by atoms with Crippen molar-refractivity contribution in [1.29, 1.82) is 0 Å². The van der Waals surface area contributed by atoms with Gasteiger partial charge in [0.15, 0.2) is 6.79 Å². The van der Waals surface area contributed by atoms with Gasteiger partial charge in [0.25, 0.3) is 0 Å². The predicted molar refractivity (Wildman–Crippen MR) is 92.0 cm³/mol. The van der Waals surface area contributed by atoms with Crippen molar-refractivity contribution in [3.63, 3.8) is 0 Å². The third kappa shape index (κ3) is 7.15. The molecule has 0 aliphatic carbocycles. The first kappa shape index (κ1) is 19.0. The molecule has 0 fully saturated rings. The van der Waals surface area contributed by atoms with E-state index in [-0.39, 0.29) is 12.4 Å². The van der Waals surface area contributed by atoms with E-state index < -0.39 is 5.97 Å². The summed E-state index contributed by atoms with van der Waals surface area (Å²) in [6.07, 6.45) is 7.00. The summed E-state index contributed by atoms with van der Waals surface area (Å²) in [5.41, 5.74) is 3.71. The normalized spacial score (nSPS) is 11.2. The molecule has 4 nitrogen and oxygen atoms in total. The largest absolute Gasteiger partial charge is 0.478 e. The highest BCUT2D eigenvalue weighted by Crippen LogP contribution is 2.22. The number of hydrogen-bond acceptors (Lipinski definition) is 3. The van der Waals surface area contributed by atoms with E-state index in [1.807, 2.05) is 0 Å². The van der Waals surface area contributed by atoms with E-state index in [0.717, 1.165) is 18.4 Å². The van der Waals surface area contributed by atoms with Gasteiger partial charge in [0.2, 0.25) is 0 Å². The second-order valence-electron chi connectivity index (χ2n) is 5.75. The molecule has 0 aromatic heterocycles. The summed E-state index contributed by atoms with van der Waals surface area (Å²) in [5, 5.41) is 9.13. The molecule has 0 atom stereocenters. The molecule has 0 unspecified atom stereocenters. The monoisotopic (exact) mass is 318 g/mol. The highest BCUT2D eigenvalue weighted by Gasteiger charge is 2.09. The molecule has 0 heterocycles. The summed E-state index contributed by atoms with van der Waals surface area (Å²) >= 11 is 0. The summed E-state index contributed by atoms with van der Waals surface area (Å²) in [5.74, 6) is -0.279. The average molecular weight is 318 g/mol. The van der Waals surface area contributed by atoms with E-state index in [9.17, 15) is 4.79 Å². The molecule has 1 N–H and O–H groups in total. The minimum Gasteiger partial charge on any atom is -0.478 e. The van der Waals surface area contributed by atoms with E-state index in [0.29, 0.717) is 12.2 Å². The highest BCUT2D eigenvalue weighted by atomic mass is 16.7. The van der Waals surface area contributed by atoms with Gasteiger partial charge in [0.1, 0.15) is 5.75 Å². The molecule has 0 radical (unpaired) electrons. The molecule has 0 bridgehead atoms. The number of methoxy groups -OCH3 is 1. The summed E-state index contributed by atoms with van der Waals surface area (Å²) in [6.45, 7) is 6.42. The minimum absolute atomic E-state index is 0.142. The molecule has 4 heteroatoms. The summed E-state index contributed by atoms with van der Waals surface area (Å²) in [4.78, 5) is 11.1. The Hall–Kier alpha value is -2.07. The van der Waals surface area contributed by atoms with Crippen LogP contribution in [-0.2, 0) is 11.2 Å². The lowest BCUT2D eigenvalue weighted by Gasteiger charge is -2.11. The number of allylic oxidation sites excluding steroid dienone is 4. The van der Waals surface area contributed by atoms with Crippen molar-refractivity contribution in [3.8, 4) is 5.75 Å². The van der Waals surface area contributed by atoms with Gasteiger partial charge in [0, 0.05) is 7.11 Å². The highest BCUT2D eigenvalue weighted by molar-refractivity contribution is 5.88. The number of carbonyl (C=O) groups is 1. The summed E-state index contributed by atoms with van der Waals surface area (Å²) in [6, 6.07) is 4.89. The van der Waals surface area contributed by atoms with Gasteiger partial charge in [-0.05, 0) is 63.8 Å². The van der Waals surface area contributed by atoms with Crippen molar-refractivity contribution >= 4 is 5.97 Å². The molecule has 1 rings (SSSR count). The van der Waals surface area contributed by atoms with Gasteiger partial charge in [-0.2, -0.15) is 0 Å². The first-order chi connectivity index (χ1) is 10.9. The van der Waals surface area contributed by atoms with Crippen LogP contribution >= 0.6 is 0 Å². The maximum atomic E-state index is 11.1. The number of hydrogen-bond donors (Lipinski definition) is 1. The van der Waals surface area contributed by atoms with Gasteiger partial charge in [-0.25, -0.2) is 4.79 Å². The molecule has 0 saturated carbocycles. The van der Waals surface area contributed by atoms with Gasteiger partial charge >= 0.3 is 5.97 Å². The minimum atomic E-state index is -0.936. The maximum Gasteiger partial charge on any atom is 0.335 e. The van der Waals surface area contributed by atoms with E-state index in [1.165, 1.54) is 11.1 Å². The molecule has 0 aliphatic heterocycles. The maximum absolute atomic E-state index is 11.1. The Morgan fingerprint density at radius 1 is 1.22 bits per heavy atom. The van der Waals surface area contributed by atoms with Crippen LogP contribution in [0.1, 0.15) is 49.5 Å². The van der Waals surface area contributed by atoms with Gasteiger partial charge < -0.3 is 14.6 Å². The van der Waals surface area contributed by atoms with Crippen LogP contribution in [0.2, 0.25) is 0 Å². The summed E-state index contributed by atoms with van der Waals surface area (Å²) in [7, 11) is 1.55. The van der Waals surface area contributed by atoms with Crippen LogP contribution in [0.25, 0.3) is 0 Å². The van der Waals surface area contributed by atoms with Crippen LogP contribution in [0.4, 0.5) is 0 Å². The molecule has 0 amide bonds. The zero-order chi connectivity index (χ0) is 17.2. The molecular formula is C19H26O4. The first-order valence-electron chi connectivity index (χ1n) is 7.71. The smallest absolute Gasteiger partial charge is 0.335 e. The quantitative estimate of drug-likeness (QED) is 0.534. The number of ether oxygens (including phenoxy) is 2. The van der Waals surface area contributed by atoms with E-state index >= 15 is 0 Å². The second-order valence-corrected chi connectivity index (χ2v) is 5.75. The van der Waals surface area contributed by atoms with Crippen molar-refractivity contribution in [2.75, 3.05) is 13.9 Å². The molecule has 0 spiro atoms. The van der Waals surface area contributed by atoms with Crippen LogP contribution in [0.3, 0.4) is 0 Å². The lowest BCUT2D eigenvalue weighted by atomic mass is 10.0. The van der Waals surface area contributed by atoms with E-state index in [2.05, 4.69) is 32.9 Å². The Bertz CT molecular complexity index is 581. The number of carboxylic acids is 1. The third-order valence-corrected chi connectivity index (χ3v) is 3.40. The first-order valence-corrected chi connectivity index (χ1v) is 7.71. The molecule has 23 heavy (non-hydrogen) atoms. The van der Waals surface area contributed by atoms with Crippen LogP contribution < -0.4 is 4.74 Å². The Kier molecular flexibility index (Phi) is 8.13. The van der Waals surface area contributed by atoms with Crippen LogP contribution in [0.5, 0.6) is 5.75 Å². The topological polar surface area (TPSA) is 55.8 Å². The van der Waals surface area contributed by atoms with Crippen LogP contribution in [-0.4, -0.2) is 25.0 Å². The standard InChI is InChI=1S/C19H26O4/c1-14(2)6-5-7-15(3)8-9-16-12-17(19(20)21)10-11-18(16)23-13-22-4/h6,8,10-12H,5,7,9,13H2,1-4H3,(H,20,21). The Morgan fingerprint density at radius 3 is 2.57 bits per heavy atom. The van der Waals surface area contributed by atoms with Crippen molar-refractivity contribution in [1.82, 2.24) is 0 Å². The third-order valence-electron chi connectivity index (χ3n) is 3.40. The van der Waals surface area contributed by atoms with Crippen molar-refractivity contribution < 1.29 is 19.4 Å². The lowest BCUT2D eigenvalue weighted by Crippen LogP contribution is -2.04. The van der Waals surface area contributed by atoms with Crippen LogP contribution in [0.15, 0.2) is 41.5 Å². The summed E-state index contributed by atoms with van der Waals surface area (Å²) < 4.78 is 10.4. The Labute approximate surface area is 138 Å². The number of benzene rings is 1.